The molecule has 0 aliphatic carbocycles. The van der Waals surface area contributed by atoms with Gasteiger partial charge in [0.15, 0.2) is 0 Å². The van der Waals surface area contributed by atoms with E-state index in [1.165, 1.54) is 0 Å². The maximum absolute atomic E-state index is 3.77. The fourth-order valence-electron chi connectivity index (χ4n) is 1.54. The van der Waals surface area contributed by atoms with Crippen molar-refractivity contribution in [1.29, 1.82) is 0 Å². The fraction of sp³-hybridized carbons (Fsp3) is 0.333. The van der Waals surface area contributed by atoms with Gasteiger partial charge in [0.25, 0.3) is 0 Å². The minimum absolute atomic E-state index is 0. The summed E-state index contributed by atoms with van der Waals surface area (Å²) in [5.41, 5.74) is 0. The van der Waals surface area contributed by atoms with Gasteiger partial charge < -0.3 is 4.48 Å². The molecule has 0 saturated carbocycles. The predicted octanol–water partition coefficient (Wildman–Crippen LogP) is 3.13. The molecule has 0 aromatic carbocycles. The van der Waals surface area contributed by atoms with Crippen LogP contribution >= 0.6 is 48.0 Å². The Kier molecular flexibility index (Phi) is 28.2. The molecular weight excluding hydrogens is 451 g/mol. The van der Waals surface area contributed by atoms with Gasteiger partial charge in [0.1, 0.15) is 0 Å². The molecule has 0 aromatic heterocycles. The van der Waals surface area contributed by atoms with Gasteiger partial charge in [0.2, 0.25) is 0 Å². The van der Waals surface area contributed by atoms with E-state index in [0.717, 1.165) is 30.7 Å². The van der Waals surface area contributed by atoms with Crippen molar-refractivity contribution < 1.29 is 4.48 Å². The van der Waals surface area contributed by atoms with Crippen molar-refractivity contribution in [3.63, 3.8) is 0 Å². The standard InChI is InChI=1S/C12H20N.2HI.K.H/c1-5-9-13(10-6-2,11-7-3)12-8-4;;;;/h5-8H,1-4,9-12H2;2*1H;;/q+1;;;;. The molecule has 0 saturated heterocycles. The third kappa shape index (κ3) is 11.1. The fourth-order valence-corrected chi connectivity index (χ4v) is 1.54. The van der Waals surface area contributed by atoms with Gasteiger partial charge in [0, 0.05) is 0 Å². The number of hydrogen-bond acceptors (Lipinski definition) is 0. The van der Waals surface area contributed by atoms with Crippen LogP contribution in [-0.4, -0.2) is 82.0 Å². The number of nitrogens with zero attached hydrogens (tertiary/aromatic N) is 1. The molecule has 0 aliphatic heterocycles. The second-order valence-electron chi connectivity index (χ2n) is 3.23. The Morgan fingerprint density at radius 3 is 0.938 bits per heavy atom. The quantitative estimate of drug-likeness (QED) is 0.220. The molecule has 0 N–H and O–H groups in total. The molecule has 0 heterocycles. The van der Waals surface area contributed by atoms with E-state index < -0.39 is 0 Å². The van der Waals surface area contributed by atoms with E-state index in [9.17, 15) is 0 Å². The second-order valence-corrected chi connectivity index (χ2v) is 3.23. The summed E-state index contributed by atoms with van der Waals surface area (Å²) >= 11 is 0. The van der Waals surface area contributed by atoms with Crippen LogP contribution in [0.25, 0.3) is 0 Å². The van der Waals surface area contributed by atoms with Gasteiger partial charge >= 0.3 is 51.4 Å². The van der Waals surface area contributed by atoms with E-state index >= 15 is 0 Å². The van der Waals surface area contributed by atoms with Crippen molar-refractivity contribution >= 4 is 99.3 Å². The second kappa shape index (κ2) is 17.0. The zero-order valence-corrected chi connectivity index (χ0v) is 13.9. The molecule has 0 aliphatic rings. The first-order valence-electron chi connectivity index (χ1n) is 4.53. The summed E-state index contributed by atoms with van der Waals surface area (Å²) in [6.45, 7) is 18.8. The summed E-state index contributed by atoms with van der Waals surface area (Å²) < 4.78 is 0.903. The first-order valence-corrected chi connectivity index (χ1v) is 4.53. The van der Waals surface area contributed by atoms with Gasteiger partial charge in [-0.05, 0) is 24.3 Å². The molecule has 0 spiro atoms. The van der Waals surface area contributed by atoms with E-state index in [1.807, 2.05) is 24.3 Å². The van der Waals surface area contributed by atoms with Gasteiger partial charge in [-0.3, -0.25) is 0 Å². The number of rotatable bonds is 8. The van der Waals surface area contributed by atoms with Crippen LogP contribution in [0.3, 0.4) is 0 Å². The molecule has 1 nitrogen and oxygen atoms in total. The Morgan fingerprint density at radius 2 is 0.812 bits per heavy atom. The van der Waals surface area contributed by atoms with Crippen LogP contribution in [0.5, 0.6) is 0 Å². The van der Waals surface area contributed by atoms with Crippen LogP contribution in [0.2, 0.25) is 0 Å². The topological polar surface area (TPSA) is 0 Å². The predicted molar refractivity (Wildman–Crippen MR) is 98.5 cm³/mol. The zero-order chi connectivity index (χ0) is 10.2. The summed E-state index contributed by atoms with van der Waals surface area (Å²) in [6, 6.07) is 0. The van der Waals surface area contributed by atoms with Crippen molar-refractivity contribution in [2.75, 3.05) is 26.2 Å². The molecule has 0 fully saturated rings. The summed E-state index contributed by atoms with van der Waals surface area (Å²) in [7, 11) is 0. The molecule has 0 bridgehead atoms. The van der Waals surface area contributed by atoms with Gasteiger partial charge in [-0.1, -0.05) is 26.3 Å². The summed E-state index contributed by atoms with van der Waals surface area (Å²) in [4.78, 5) is 0. The summed E-state index contributed by atoms with van der Waals surface area (Å²) in [5, 5.41) is 0. The Balaban J connectivity index is -0.000000240. The summed E-state index contributed by atoms with van der Waals surface area (Å²) in [6.07, 6.45) is 7.76. The molecule has 4 heteroatoms. The van der Waals surface area contributed by atoms with Crippen molar-refractivity contribution in [2.45, 2.75) is 0 Å². The van der Waals surface area contributed by atoms with Crippen LogP contribution in [-0.2, 0) is 0 Å². The van der Waals surface area contributed by atoms with Crippen molar-refractivity contribution in [2.24, 2.45) is 0 Å². The first kappa shape index (κ1) is 26.6. The van der Waals surface area contributed by atoms with E-state index in [0.29, 0.717) is 0 Å². The van der Waals surface area contributed by atoms with Gasteiger partial charge in [-0.15, -0.1) is 48.0 Å². The SMILES string of the molecule is C=CC[N+](CC=C)(CC=C)CC=C.I.I.[KH]. The molecule has 0 rings (SSSR count). The molecule has 0 atom stereocenters. The van der Waals surface area contributed by atoms with Crippen LogP contribution in [0.15, 0.2) is 50.6 Å². The molecule has 0 amide bonds. The van der Waals surface area contributed by atoms with E-state index in [-0.39, 0.29) is 99.3 Å². The minimum atomic E-state index is 0. The van der Waals surface area contributed by atoms with E-state index in [4.69, 9.17) is 0 Å². The van der Waals surface area contributed by atoms with Gasteiger partial charge in [-0.2, -0.15) is 0 Å². The van der Waals surface area contributed by atoms with E-state index in [1.54, 1.807) is 0 Å². The van der Waals surface area contributed by atoms with Crippen LogP contribution in [0, 0.1) is 0 Å². The number of quaternary nitrogens is 1. The molecule has 0 unspecified atom stereocenters. The molecule has 0 radical (unpaired) electrons. The Morgan fingerprint density at radius 1 is 0.625 bits per heavy atom. The van der Waals surface area contributed by atoms with Crippen LogP contribution in [0.1, 0.15) is 0 Å². The Labute approximate surface area is 177 Å². The number of hydrogen-bond donors (Lipinski definition) is 0. The van der Waals surface area contributed by atoms with Crippen molar-refractivity contribution in [3.05, 3.63) is 50.6 Å². The van der Waals surface area contributed by atoms with Crippen molar-refractivity contribution in [1.82, 2.24) is 0 Å². The Hall–Kier alpha value is 2.02. The van der Waals surface area contributed by atoms with Crippen LogP contribution in [0.4, 0.5) is 0 Å². The molecule has 90 valence electrons. The molecular formula is C12H23I2KN+. The third-order valence-corrected chi connectivity index (χ3v) is 2.07. The van der Waals surface area contributed by atoms with E-state index in [2.05, 4.69) is 26.3 Å². The average Bonchev–Trinajstić information content (AvgIpc) is 2.06. The zero-order valence-electron chi connectivity index (χ0n) is 9.23. The Bertz CT molecular complexity index is 160. The monoisotopic (exact) mass is 474 g/mol. The summed E-state index contributed by atoms with van der Waals surface area (Å²) in [5.74, 6) is 0. The molecule has 16 heavy (non-hydrogen) atoms. The molecule has 0 aromatic rings. The third-order valence-electron chi connectivity index (χ3n) is 2.07. The number of halogens is 2. The van der Waals surface area contributed by atoms with Gasteiger partial charge in [0.05, 0.1) is 26.2 Å². The normalized spacial score (nSPS) is 8.50. The average molecular weight is 474 g/mol. The maximum atomic E-state index is 3.77. The van der Waals surface area contributed by atoms with Crippen molar-refractivity contribution in [3.8, 4) is 0 Å². The first-order chi connectivity index (χ1) is 6.24. The van der Waals surface area contributed by atoms with Gasteiger partial charge in [-0.25, -0.2) is 0 Å². The van der Waals surface area contributed by atoms with Crippen LogP contribution < -0.4 is 0 Å².